The standard InChI is InChI=1S/C21H20ClN3O2/c1-14-12-16(15(2)25(14)19-10-6-5-9-18(19)22)13-23-24-21(26)17-8-4-7-11-20(17)27-3/h4-13H,1-3H3,(H,24,26)/b23-13-. The fraction of sp³-hybridized carbons (Fsp3) is 0.143. The van der Waals surface area contributed by atoms with Crippen molar-refractivity contribution in [3.8, 4) is 11.4 Å². The van der Waals surface area contributed by atoms with E-state index in [-0.39, 0.29) is 5.91 Å². The number of hydrogen-bond donors (Lipinski definition) is 1. The zero-order valence-corrected chi connectivity index (χ0v) is 16.1. The van der Waals surface area contributed by atoms with Gasteiger partial charge in [-0.3, -0.25) is 4.79 Å². The third-order valence-corrected chi connectivity index (χ3v) is 4.60. The first-order valence-corrected chi connectivity index (χ1v) is 8.81. The van der Waals surface area contributed by atoms with Crippen LogP contribution >= 0.6 is 11.6 Å². The minimum atomic E-state index is -0.330. The van der Waals surface area contributed by atoms with Crippen LogP contribution in [0, 0.1) is 13.8 Å². The van der Waals surface area contributed by atoms with Gasteiger partial charge in [0.1, 0.15) is 5.75 Å². The number of benzene rings is 2. The Morgan fingerprint density at radius 3 is 2.59 bits per heavy atom. The van der Waals surface area contributed by atoms with E-state index in [0.717, 1.165) is 22.6 Å². The predicted octanol–water partition coefficient (Wildman–Crippen LogP) is 4.52. The van der Waals surface area contributed by atoms with Gasteiger partial charge in [0.25, 0.3) is 5.91 Å². The Labute approximate surface area is 163 Å². The van der Waals surface area contributed by atoms with Crippen LogP contribution in [0.2, 0.25) is 5.02 Å². The number of hydrogen-bond acceptors (Lipinski definition) is 3. The number of halogens is 1. The van der Waals surface area contributed by atoms with Gasteiger partial charge in [-0.15, -0.1) is 0 Å². The van der Waals surface area contributed by atoms with E-state index >= 15 is 0 Å². The number of methoxy groups -OCH3 is 1. The summed E-state index contributed by atoms with van der Waals surface area (Å²) >= 11 is 6.33. The van der Waals surface area contributed by atoms with E-state index in [1.807, 2.05) is 50.2 Å². The molecule has 1 N–H and O–H groups in total. The van der Waals surface area contributed by atoms with Crippen LogP contribution in [0.3, 0.4) is 0 Å². The van der Waals surface area contributed by atoms with Gasteiger partial charge in [0.05, 0.1) is 29.6 Å². The highest BCUT2D eigenvalue weighted by molar-refractivity contribution is 6.32. The quantitative estimate of drug-likeness (QED) is 0.521. The van der Waals surface area contributed by atoms with Gasteiger partial charge in [-0.1, -0.05) is 35.9 Å². The molecule has 1 aromatic heterocycles. The molecule has 138 valence electrons. The van der Waals surface area contributed by atoms with Gasteiger partial charge in [-0.2, -0.15) is 5.10 Å². The Kier molecular flexibility index (Phi) is 5.62. The molecular weight excluding hydrogens is 362 g/mol. The molecule has 0 saturated carbocycles. The minimum absolute atomic E-state index is 0.330. The van der Waals surface area contributed by atoms with Crippen LogP contribution in [0.15, 0.2) is 59.7 Å². The summed E-state index contributed by atoms with van der Waals surface area (Å²) in [5.74, 6) is 0.172. The highest BCUT2D eigenvalue weighted by Crippen LogP contribution is 2.25. The van der Waals surface area contributed by atoms with Crippen LogP contribution < -0.4 is 10.2 Å². The van der Waals surface area contributed by atoms with Crippen molar-refractivity contribution in [2.45, 2.75) is 13.8 Å². The molecule has 3 aromatic rings. The lowest BCUT2D eigenvalue weighted by Gasteiger charge is -2.11. The predicted molar refractivity (Wildman–Crippen MR) is 108 cm³/mol. The molecule has 0 aliphatic heterocycles. The maximum Gasteiger partial charge on any atom is 0.275 e. The first kappa shape index (κ1) is 18.7. The molecule has 1 amide bonds. The smallest absolute Gasteiger partial charge is 0.275 e. The van der Waals surface area contributed by atoms with E-state index in [4.69, 9.17) is 16.3 Å². The molecule has 0 saturated heterocycles. The molecular formula is C21H20ClN3O2. The van der Waals surface area contributed by atoms with Crippen LogP contribution in [0.5, 0.6) is 5.75 Å². The van der Waals surface area contributed by atoms with E-state index in [2.05, 4.69) is 15.1 Å². The summed E-state index contributed by atoms with van der Waals surface area (Å²) < 4.78 is 7.26. The number of aryl methyl sites for hydroxylation is 1. The van der Waals surface area contributed by atoms with Crippen LogP contribution in [-0.2, 0) is 0 Å². The van der Waals surface area contributed by atoms with Crippen LogP contribution in [0.1, 0.15) is 27.3 Å². The van der Waals surface area contributed by atoms with Crippen LogP contribution in [-0.4, -0.2) is 23.8 Å². The Hall–Kier alpha value is -3.05. The number of carbonyl (C=O) groups is 1. The highest BCUT2D eigenvalue weighted by Gasteiger charge is 2.13. The SMILES string of the molecule is COc1ccccc1C(=O)N/N=C\c1cc(C)n(-c2ccccc2Cl)c1C. The molecule has 0 aliphatic rings. The second-order valence-corrected chi connectivity index (χ2v) is 6.42. The zero-order valence-electron chi connectivity index (χ0n) is 15.4. The molecule has 5 nitrogen and oxygen atoms in total. The van der Waals surface area contributed by atoms with E-state index in [0.29, 0.717) is 16.3 Å². The molecule has 0 aliphatic carbocycles. The summed E-state index contributed by atoms with van der Waals surface area (Å²) in [5, 5.41) is 4.77. The van der Waals surface area contributed by atoms with Crippen molar-refractivity contribution in [1.29, 1.82) is 0 Å². The first-order chi connectivity index (χ1) is 13.0. The third-order valence-electron chi connectivity index (χ3n) is 4.28. The van der Waals surface area contributed by atoms with Gasteiger partial charge in [-0.05, 0) is 44.2 Å². The largest absolute Gasteiger partial charge is 0.496 e. The average Bonchev–Trinajstić information content (AvgIpc) is 2.95. The fourth-order valence-electron chi connectivity index (χ4n) is 2.97. The Morgan fingerprint density at radius 2 is 1.85 bits per heavy atom. The van der Waals surface area contributed by atoms with Crippen molar-refractivity contribution < 1.29 is 9.53 Å². The lowest BCUT2D eigenvalue weighted by molar-refractivity contribution is 0.0952. The number of hydrazone groups is 1. The summed E-state index contributed by atoms with van der Waals surface area (Å²) in [4.78, 5) is 12.3. The lowest BCUT2D eigenvalue weighted by atomic mass is 10.2. The maximum absolute atomic E-state index is 12.3. The number of carbonyl (C=O) groups excluding carboxylic acids is 1. The van der Waals surface area contributed by atoms with Crippen LogP contribution in [0.4, 0.5) is 0 Å². The van der Waals surface area contributed by atoms with E-state index in [1.54, 1.807) is 24.4 Å². The number of rotatable bonds is 5. The summed E-state index contributed by atoms with van der Waals surface area (Å²) in [6.45, 7) is 3.99. The second-order valence-electron chi connectivity index (χ2n) is 6.01. The van der Waals surface area contributed by atoms with Gasteiger partial charge in [0.2, 0.25) is 0 Å². The van der Waals surface area contributed by atoms with Crippen molar-refractivity contribution in [2.75, 3.05) is 7.11 Å². The van der Waals surface area contributed by atoms with Gasteiger partial charge >= 0.3 is 0 Å². The number of nitrogens with one attached hydrogen (secondary N) is 1. The van der Waals surface area contributed by atoms with Crippen LogP contribution in [0.25, 0.3) is 5.69 Å². The van der Waals surface area contributed by atoms with Crippen molar-refractivity contribution in [3.63, 3.8) is 0 Å². The van der Waals surface area contributed by atoms with Crippen molar-refractivity contribution in [1.82, 2.24) is 9.99 Å². The number of aromatic nitrogens is 1. The van der Waals surface area contributed by atoms with E-state index < -0.39 is 0 Å². The number of nitrogens with zero attached hydrogens (tertiary/aromatic N) is 2. The highest BCUT2D eigenvalue weighted by atomic mass is 35.5. The monoisotopic (exact) mass is 381 g/mol. The molecule has 0 spiro atoms. The molecule has 27 heavy (non-hydrogen) atoms. The van der Waals surface area contributed by atoms with E-state index in [9.17, 15) is 4.79 Å². The molecule has 0 bridgehead atoms. The number of para-hydroxylation sites is 2. The van der Waals surface area contributed by atoms with Gasteiger partial charge in [0.15, 0.2) is 0 Å². The average molecular weight is 382 g/mol. The molecule has 0 radical (unpaired) electrons. The number of amides is 1. The third kappa shape index (κ3) is 3.88. The molecule has 6 heteroatoms. The van der Waals surface area contributed by atoms with Gasteiger partial charge < -0.3 is 9.30 Å². The van der Waals surface area contributed by atoms with Crippen molar-refractivity contribution in [2.24, 2.45) is 5.10 Å². The summed E-state index contributed by atoms with van der Waals surface area (Å²) in [5.41, 5.74) is 6.79. The Bertz CT molecular complexity index is 1010. The topological polar surface area (TPSA) is 55.6 Å². The zero-order chi connectivity index (χ0) is 19.4. The van der Waals surface area contributed by atoms with E-state index in [1.165, 1.54) is 7.11 Å². The molecule has 0 atom stereocenters. The molecule has 2 aromatic carbocycles. The molecule has 3 rings (SSSR count). The normalized spacial score (nSPS) is 11.0. The summed E-state index contributed by atoms with van der Waals surface area (Å²) in [6.07, 6.45) is 1.63. The maximum atomic E-state index is 12.3. The second kappa shape index (κ2) is 8.10. The van der Waals surface area contributed by atoms with Crippen molar-refractivity contribution >= 4 is 23.7 Å². The Balaban J connectivity index is 1.82. The first-order valence-electron chi connectivity index (χ1n) is 8.43. The Morgan fingerprint density at radius 1 is 1.15 bits per heavy atom. The number of ether oxygens (including phenoxy) is 1. The van der Waals surface area contributed by atoms with Gasteiger partial charge in [-0.25, -0.2) is 5.43 Å². The summed E-state index contributed by atoms with van der Waals surface area (Å²) in [7, 11) is 1.53. The van der Waals surface area contributed by atoms with Crippen molar-refractivity contribution in [3.05, 3.63) is 82.1 Å². The van der Waals surface area contributed by atoms with Gasteiger partial charge in [0, 0.05) is 17.0 Å². The minimum Gasteiger partial charge on any atom is -0.496 e. The fourth-order valence-corrected chi connectivity index (χ4v) is 3.20. The molecule has 0 unspecified atom stereocenters. The molecule has 0 fully saturated rings. The lowest BCUT2D eigenvalue weighted by Crippen LogP contribution is -2.18. The summed E-state index contributed by atoms with van der Waals surface area (Å²) in [6, 6.07) is 16.7. The molecule has 1 heterocycles.